The average molecular weight is 274 g/mol. The third-order valence-corrected chi connectivity index (χ3v) is 4.05. The minimum absolute atomic E-state index is 0.128. The molecule has 1 saturated carbocycles. The number of Topliss-reactive ketones (excluding diaryl/α,β-unsaturated/α-hetero) is 1. The van der Waals surface area contributed by atoms with Crippen molar-refractivity contribution in [3.63, 3.8) is 0 Å². The molecular weight excluding hydrogens is 248 g/mol. The Morgan fingerprint density at radius 1 is 1.30 bits per heavy atom. The highest BCUT2D eigenvalue weighted by Crippen LogP contribution is 2.29. The highest BCUT2D eigenvalue weighted by Gasteiger charge is 2.25. The summed E-state index contributed by atoms with van der Waals surface area (Å²) in [7, 11) is 0. The van der Waals surface area contributed by atoms with Gasteiger partial charge in [0.25, 0.3) is 0 Å². The zero-order chi connectivity index (χ0) is 14.8. The molecule has 0 amide bonds. The van der Waals surface area contributed by atoms with Crippen molar-refractivity contribution in [2.24, 2.45) is 5.92 Å². The van der Waals surface area contributed by atoms with Crippen molar-refractivity contribution in [1.29, 1.82) is 0 Å². The number of nitrogens with one attached hydrogen (secondary N) is 1. The van der Waals surface area contributed by atoms with Crippen LogP contribution >= 0.6 is 0 Å². The number of carbonyl (C=O) groups excluding carboxylic acids is 1. The van der Waals surface area contributed by atoms with Crippen molar-refractivity contribution >= 4 is 17.2 Å². The standard InChI is InChI=1S/C17H26N2O/c1-17(2,3)13-6-7-16(15(18)11-13)19-8-4-5-12-9-14(20)10-12/h6-7,11-12,19H,4-5,8-10,18H2,1-3H3. The Labute approximate surface area is 121 Å². The minimum atomic E-state index is 0.128. The van der Waals surface area contributed by atoms with Crippen molar-refractivity contribution < 1.29 is 4.79 Å². The SMILES string of the molecule is CC(C)(C)c1ccc(NCCCC2CC(=O)C2)c(N)c1. The van der Waals surface area contributed by atoms with Gasteiger partial charge < -0.3 is 11.1 Å². The largest absolute Gasteiger partial charge is 0.397 e. The molecule has 2 rings (SSSR count). The molecule has 0 spiro atoms. The predicted octanol–water partition coefficient (Wildman–Crippen LogP) is 3.74. The Hall–Kier alpha value is -1.51. The van der Waals surface area contributed by atoms with Crippen molar-refractivity contribution in [2.45, 2.75) is 51.9 Å². The van der Waals surface area contributed by atoms with Crippen molar-refractivity contribution in [3.05, 3.63) is 23.8 Å². The number of rotatable bonds is 5. The molecule has 0 heterocycles. The normalized spacial score (nSPS) is 16.1. The molecule has 0 bridgehead atoms. The molecular formula is C17H26N2O. The van der Waals surface area contributed by atoms with Gasteiger partial charge in [-0.25, -0.2) is 0 Å². The molecule has 0 saturated heterocycles. The first-order valence-electron chi connectivity index (χ1n) is 7.52. The molecule has 110 valence electrons. The average Bonchev–Trinajstić information content (AvgIpc) is 2.32. The lowest BCUT2D eigenvalue weighted by molar-refractivity contribution is -0.127. The van der Waals surface area contributed by atoms with Crippen molar-refractivity contribution in [1.82, 2.24) is 0 Å². The maximum atomic E-state index is 10.9. The first kappa shape index (κ1) is 14.9. The van der Waals surface area contributed by atoms with Crippen LogP contribution in [-0.2, 0) is 10.2 Å². The molecule has 1 fully saturated rings. The molecule has 0 radical (unpaired) electrons. The van der Waals surface area contributed by atoms with E-state index < -0.39 is 0 Å². The lowest BCUT2D eigenvalue weighted by Crippen LogP contribution is -2.23. The van der Waals surface area contributed by atoms with E-state index in [0.29, 0.717) is 11.7 Å². The molecule has 3 nitrogen and oxygen atoms in total. The van der Waals surface area contributed by atoms with Crippen LogP contribution in [0.1, 0.15) is 52.0 Å². The van der Waals surface area contributed by atoms with Crippen molar-refractivity contribution in [3.8, 4) is 0 Å². The number of nitrogens with two attached hydrogens (primary N) is 1. The van der Waals surface area contributed by atoms with Crippen LogP contribution in [0.25, 0.3) is 0 Å². The Morgan fingerprint density at radius 3 is 2.55 bits per heavy atom. The first-order chi connectivity index (χ1) is 9.36. The summed E-state index contributed by atoms with van der Waals surface area (Å²) in [6.45, 7) is 7.49. The maximum Gasteiger partial charge on any atom is 0.133 e. The molecule has 3 heteroatoms. The lowest BCUT2D eigenvalue weighted by Gasteiger charge is -2.24. The summed E-state index contributed by atoms with van der Waals surface area (Å²) >= 11 is 0. The van der Waals surface area contributed by atoms with E-state index in [1.807, 2.05) is 0 Å². The van der Waals surface area contributed by atoms with E-state index in [1.54, 1.807) is 0 Å². The second-order valence-electron chi connectivity index (χ2n) is 6.93. The second kappa shape index (κ2) is 5.86. The van der Waals surface area contributed by atoms with E-state index in [2.05, 4.69) is 44.3 Å². The van der Waals surface area contributed by atoms with Gasteiger partial charge in [0.05, 0.1) is 11.4 Å². The molecule has 1 aromatic carbocycles. The van der Waals surface area contributed by atoms with Gasteiger partial charge in [-0.3, -0.25) is 4.79 Å². The lowest BCUT2D eigenvalue weighted by atomic mass is 9.81. The summed E-state index contributed by atoms with van der Waals surface area (Å²) in [5.41, 5.74) is 9.33. The topological polar surface area (TPSA) is 55.1 Å². The smallest absolute Gasteiger partial charge is 0.133 e. The number of hydrogen-bond acceptors (Lipinski definition) is 3. The number of anilines is 2. The quantitative estimate of drug-likeness (QED) is 0.635. The van der Waals surface area contributed by atoms with Crippen LogP contribution in [-0.4, -0.2) is 12.3 Å². The molecule has 0 atom stereocenters. The Kier molecular flexibility index (Phi) is 4.36. The van der Waals surface area contributed by atoms with E-state index >= 15 is 0 Å². The van der Waals surface area contributed by atoms with Crippen LogP contribution in [0.5, 0.6) is 0 Å². The van der Waals surface area contributed by atoms with Gasteiger partial charge in [-0.2, -0.15) is 0 Å². The number of benzene rings is 1. The number of carbonyl (C=O) groups is 1. The maximum absolute atomic E-state index is 10.9. The van der Waals surface area contributed by atoms with E-state index in [4.69, 9.17) is 5.73 Å². The highest BCUT2D eigenvalue weighted by molar-refractivity contribution is 5.84. The van der Waals surface area contributed by atoms with Gasteiger partial charge in [-0.1, -0.05) is 26.8 Å². The summed E-state index contributed by atoms with van der Waals surface area (Å²) in [4.78, 5) is 10.9. The zero-order valence-corrected chi connectivity index (χ0v) is 12.8. The van der Waals surface area contributed by atoms with Crippen LogP contribution < -0.4 is 11.1 Å². The highest BCUT2D eigenvalue weighted by atomic mass is 16.1. The van der Waals surface area contributed by atoms with Crippen LogP contribution in [0, 0.1) is 5.92 Å². The number of ketones is 1. The van der Waals surface area contributed by atoms with Gasteiger partial charge in [0.2, 0.25) is 0 Å². The molecule has 1 aliphatic carbocycles. The first-order valence-corrected chi connectivity index (χ1v) is 7.52. The molecule has 0 aromatic heterocycles. The summed E-state index contributed by atoms with van der Waals surface area (Å²) in [5.74, 6) is 1.05. The number of hydrogen-bond donors (Lipinski definition) is 2. The van der Waals surface area contributed by atoms with Gasteiger partial charge in [-0.05, 0) is 41.9 Å². The van der Waals surface area contributed by atoms with Crippen LogP contribution in [0.4, 0.5) is 11.4 Å². The van der Waals surface area contributed by atoms with E-state index in [1.165, 1.54) is 5.56 Å². The second-order valence-corrected chi connectivity index (χ2v) is 6.93. The summed E-state index contributed by atoms with van der Waals surface area (Å²) in [6, 6.07) is 6.28. The molecule has 3 N–H and O–H groups in total. The molecule has 1 aliphatic rings. The van der Waals surface area contributed by atoms with Gasteiger partial charge in [0.15, 0.2) is 0 Å². The monoisotopic (exact) mass is 274 g/mol. The molecule has 20 heavy (non-hydrogen) atoms. The fourth-order valence-electron chi connectivity index (χ4n) is 2.59. The van der Waals surface area contributed by atoms with Gasteiger partial charge in [-0.15, -0.1) is 0 Å². The Bertz CT molecular complexity index is 480. The third-order valence-electron chi connectivity index (χ3n) is 4.05. The summed E-state index contributed by atoms with van der Waals surface area (Å²) < 4.78 is 0. The van der Waals surface area contributed by atoms with Crippen LogP contribution in [0.2, 0.25) is 0 Å². The minimum Gasteiger partial charge on any atom is -0.397 e. The van der Waals surface area contributed by atoms with Gasteiger partial charge >= 0.3 is 0 Å². The summed E-state index contributed by atoms with van der Waals surface area (Å²) in [5, 5.41) is 3.40. The molecule has 0 unspecified atom stereocenters. The fraction of sp³-hybridized carbons (Fsp3) is 0.588. The molecule has 1 aromatic rings. The van der Waals surface area contributed by atoms with Crippen LogP contribution in [0.15, 0.2) is 18.2 Å². The van der Waals surface area contributed by atoms with E-state index in [-0.39, 0.29) is 5.41 Å². The molecule has 0 aliphatic heterocycles. The van der Waals surface area contributed by atoms with E-state index in [9.17, 15) is 4.79 Å². The van der Waals surface area contributed by atoms with Crippen molar-refractivity contribution in [2.75, 3.05) is 17.6 Å². The summed E-state index contributed by atoms with van der Waals surface area (Å²) in [6.07, 6.45) is 3.82. The zero-order valence-electron chi connectivity index (χ0n) is 12.8. The van der Waals surface area contributed by atoms with Gasteiger partial charge in [0.1, 0.15) is 5.78 Å². The predicted molar refractivity (Wildman–Crippen MR) is 85.0 cm³/mol. The third kappa shape index (κ3) is 3.75. The number of nitrogen functional groups attached to an aromatic ring is 1. The van der Waals surface area contributed by atoms with E-state index in [0.717, 1.165) is 43.6 Å². The fourth-order valence-corrected chi connectivity index (χ4v) is 2.59. The van der Waals surface area contributed by atoms with Crippen LogP contribution in [0.3, 0.4) is 0 Å². The Morgan fingerprint density at radius 2 is 2.00 bits per heavy atom. The van der Waals surface area contributed by atoms with Gasteiger partial charge in [0, 0.05) is 19.4 Å². The Balaban J connectivity index is 1.79.